The van der Waals surface area contributed by atoms with Crippen molar-refractivity contribution in [1.82, 2.24) is 15.5 Å². The molecule has 0 radical (unpaired) electrons. The number of urea groups is 1. The molecule has 3 fully saturated rings. The summed E-state index contributed by atoms with van der Waals surface area (Å²) in [6.45, 7) is 4.51. The summed E-state index contributed by atoms with van der Waals surface area (Å²) in [4.78, 5) is 41.0. The molecule has 1 aromatic rings. The van der Waals surface area contributed by atoms with Gasteiger partial charge in [0.1, 0.15) is 12.1 Å². The standard InChI is InChI=1S/C22H30N4O3/c1-16-8-10-22(11-9-16)20(28)26(21(29)24-22)15-19(27)23-14-17-4-6-18(7-5-17)25-12-2-3-13-25/h4-7,16H,2-3,8-15H2,1H3,(H,23,27)(H,24,29). The van der Waals surface area contributed by atoms with E-state index in [0.717, 1.165) is 36.4 Å². The van der Waals surface area contributed by atoms with Crippen molar-refractivity contribution >= 4 is 23.5 Å². The Labute approximate surface area is 171 Å². The second-order valence-electron chi connectivity index (χ2n) is 8.72. The molecule has 1 aliphatic carbocycles. The fraction of sp³-hybridized carbons (Fsp3) is 0.591. The first kappa shape index (κ1) is 19.7. The predicted octanol–water partition coefficient (Wildman–Crippen LogP) is 2.40. The van der Waals surface area contributed by atoms with Gasteiger partial charge in [-0.05, 0) is 62.1 Å². The third-order valence-electron chi connectivity index (χ3n) is 6.57. The summed E-state index contributed by atoms with van der Waals surface area (Å²) in [5.74, 6) is -0.00241. The van der Waals surface area contributed by atoms with Crippen LogP contribution in [0.1, 0.15) is 51.0 Å². The zero-order chi connectivity index (χ0) is 20.4. The van der Waals surface area contributed by atoms with Gasteiger partial charge in [-0.1, -0.05) is 19.1 Å². The molecule has 0 atom stereocenters. The van der Waals surface area contributed by atoms with E-state index in [1.165, 1.54) is 18.5 Å². The molecule has 2 N–H and O–H groups in total. The van der Waals surface area contributed by atoms with Crippen LogP contribution in [0.3, 0.4) is 0 Å². The normalized spacial score (nSPS) is 26.9. The van der Waals surface area contributed by atoms with Gasteiger partial charge >= 0.3 is 6.03 Å². The van der Waals surface area contributed by atoms with Gasteiger partial charge in [-0.2, -0.15) is 0 Å². The lowest BCUT2D eigenvalue weighted by molar-refractivity contribution is -0.136. The van der Waals surface area contributed by atoms with E-state index in [9.17, 15) is 14.4 Å². The number of hydrogen-bond donors (Lipinski definition) is 2. The van der Waals surface area contributed by atoms with Crippen LogP contribution in [-0.4, -0.2) is 47.9 Å². The molecule has 2 heterocycles. The number of nitrogens with zero attached hydrogens (tertiary/aromatic N) is 2. The van der Waals surface area contributed by atoms with E-state index in [0.29, 0.717) is 25.3 Å². The molecule has 1 spiro atoms. The van der Waals surface area contributed by atoms with Gasteiger partial charge < -0.3 is 15.5 Å². The van der Waals surface area contributed by atoms with E-state index in [1.54, 1.807) is 0 Å². The van der Waals surface area contributed by atoms with Crippen LogP contribution in [0.2, 0.25) is 0 Å². The Balaban J connectivity index is 1.29. The fourth-order valence-electron chi connectivity index (χ4n) is 4.61. The van der Waals surface area contributed by atoms with Crippen molar-refractivity contribution in [2.75, 3.05) is 24.5 Å². The van der Waals surface area contributed by atoms with Crippen molar-refractivity contribution in [3.8, 4) is 0 Å². The topological polar surface area (TPSA) is 81.8 Å². The second kappa shape index (κ2) is 8.05. The van der Waals surface area contributed by atoms with Crippen molar-refractivity contribution in [3.05, 3.63) is 29.8 Å². The molecule has 29 heavy (non-hydrogen) atoms. The number of carbonyl (C=O) groups is 3. The van der Waals surface area contributed by atoms with Crippen LogP contribution < -0.4 is 15.5 Å². The van der Waals surface area contributed by atoms with Crippen LogP contribution in [0.25, 0.3) is 0 Å². The van der Waals surface area contributed by atoms with Gasteiger partial charge in [-0.25, -0.2) is 4.79 Å². The van der Waals surface area contributed by atoms with Gasteiger partial charge in [0.15, 0.2) is 0 Å². The Hall–Kier alpha value is -2.57. The van der Waals surface area contributed by atoms with E-state index < -0.39 is 11.6 Å². The Kier molecular flexibility index (Phi) is 5.48. The fourth-order valence-corrected chi connectivity index (χ4v) is 4.61. The molecule has 7 heteroatoms. The average molecular weight is 399 g/mol. The van der Waals surface area contributed by atoms with E-state index in [1.807, 2.05) is 12.1 Å². The van der Waals surface area contributed by atoms with Gasteiger partial charge in [0.2, 0.25) is 5.91 Å². The highest BCUT2D eigenvalue weighted by Crippen LogP contribution is 2.36. The number of benzene rings is 1. The minimum Gasteiger partial charge on any atom is -0.372 e. The summed E-state index contributed by atoms with van der Waals surface area (Å²) in [5.41, 5.74) is 1.41. The third kappa shape index (κ3) is 4.09. The summed E-state index contributed by atoms with van der Waals surface area (Å²) in [7, 11) is 0. The first-order valence-electron chi connectivity index (χ1n) is 10.7. The summed E-state index contributed by atoms with van der Waals surface area (Å²) < 4.78 is 0. The number of nitrogens with one attached hydrogen (secondary N) is 2. The molecule has 156 valence electrons. The summed E-state index contributed by atoms with van der Waals surface area (Å²) in [5, 5.41) is 5.68. The van der Waals surface area contributed by atoms with Crippen LogP contribution in [0.15, 0.2) is 24.3 Å². The van der Waals surface area contributed by atoms with Crippen molar-refractivity contribution in [2.45, 2.75) is 57.5 Å². The number of hydrogen-bond acceptors (Lipinski definition) is 4. The Morgan fingerprint density at radius 2 is 1.79 bits per heavy atom. The van der Waals surface area contributed by atoms with Crippen LogP contribution in [0, 0.1) is 5.92 Å². The molecule has 4 amide bonds. The summed E-state index contributed by atoms with van der Waals surface area (Å²) in [6, 6.07) is 7.74. The van der Waals surface area contributed by atoms with Crippen LogP contribution in [0.5, 0.6) is 0 Å². The molecule has 3 aliphatic rings. The Bertz CT molecular complexity index is 778. The van der Waals surface area contributed by atoms with Crippen molar-refractivity contribution in [3.63, 3.8) is 0 Å². The number of anilines is 1. The largest absolute Gasteiger partial charge is 0.372 e. The van der Waals surface area contributed by atoms with Gasteiger partial charge in [-0.15, -0.1) is 0 Å². The van der Waals surface area contributed by atoms with Gasteiger partial charge in [0, 0.05) is 25.3 Å². The second-order valence-corrected chi connectivity index (χ2v) is 8.72. The number of carbonyl (C=O) groups excluding carboxylic acids is 3. The maximum Gasteiger partial charge on any atom is 0.325 e. The third-order valence-corrected chi connectivity index (χ3v) is 6.57. The van der Waals surface area contributed by atoms with Crippen LogP contribution >= 0.6 is 0 Å². The van der Waals surface area contributed by atoms with Crippen molar-refractivity contribution in [2.24, 2.45) is 5.92 Å². The monoisotopic (exact) mass is 398 g/mol. The molecular formula is C22H30N4O3. The Morgan fingerprint density at radius 3 is 2.45 bits per heavy atom. The van der Waals surface area contributed by atoms with Crippen LogP contribution in [-0.2, 0) is 16.1 Å². The maximum absolute atomic E-state index is 12.8. The maximum atomic E-state index is 12.8. The molecule has 0 bridgehead atoms. The lowest BCUT2D eigenvalue weighted by Gasteiger charge is -2.33. The van der Waals surface area contributed by atoms with Crippen LogP contribution in [0.4, 0.5) is 10.5 Å². The highest BCUT2D eigenvalue weighted by molar-refractivity contribution is 6.09. The van der Waals surface area contributed by atoms with Crippen molar-refractivity contribution in [1.29, 1.82) is 0 Å². The summed E-state index contributed by atoms with van der Waals surface area (Å²) >= 11 is 0. The van der Waals surface area contributed by atoms with E-state index in [2.05, 4.69) is 34.6 Å². The van der Waals surface area contributed by atoms with E-state index in [4.69, 9.17) is 0 Å². The van der Waals surface area contributed by atoms with Crippen molar-refractivity contribution < 1.29 is 14.4 Å². The smallest absolute Gasteiger partial charge is 0.325 e. The zero-order valence-electron chi connectivity index (χ0n) is 17.1. The van der Waals surface area contributed by atoms with Gasteiger partial charge in [0.05, 0.1) is 0 Å². The predicted molar refractivity (Wildman–Crippen MR) is 110 cm³/mol. The highest BCUT2D eigenvalue weighted by Gasteiger charge is 2.52. The molecule has 2 saturated heterocycles. The molecule has 0 aromatic heterocycles. The number of imide groups is 1. The number of amides is 4. The molecular weight excluding hydrogens is 368 g/mol. The van der Waals surface area contributed by atoms with Gasteiger partial charge in [-0.3, -0.25) is 14.5 Å². The molecule has 1 saturated carbocycles. The Morgan fingerprint density at radius 1 is 1.14 bits per heavy atom. The lowest BCUT2D eigenvalue weighted by atomic mass is 9.77. The first-order valence-corrected chi connectivity index (χ1v) is 10.7. The SMILES string of the molecule is CC1CCC2(CC1)NC(=O)N(CC(=O)NCc1ccc(N3CCCC3)cc1)C2=O. The van der Waals surface area contributed by atoms with E-state index >= 15 is 0 Å². The van der Waals surface area contributed by atoms with Gasteiger partial charge in [0.25, 0.3) is 5.91 Å². The molecule has 4 rings (SSSR count). The van der Waals surface area contributed by atoms with E-state index in [-0.39, 0.29) is 18.4 Å². The molecule has 0 unspecified atom stereocenters. The first-order chi connectivity index (χ1) is 14.0. The summed E-state index contributed by atoms with van der Waals surface area (Å²) in [6.07, 6.45) is 5.61. The molecule has 2 aliphatic heterocycles. The quantitative estimate of drug-likeness (QED) is 0.747. The molecule has 7 nitrogen and oxygen atoms in total. The zero-order valence-corrected chi connectivity index (χ0v) is 17.1. The number of rotatable bonds is 5. The minimum absolute atomic E-state index is 0.228. The minimum atomic E-state index is -0.796. The lowest BCUT2D eigenvalue weighted by Crippen LogP contribution is -2.49. The molecule has 1 aromatic carbocycles. The highest BCUT2D eigenvalue weighted by atomic mass is 16.2. The average Bonchev–Trinajstić information content (AvgIpc) is 3.33.